The Morgan fingerprint density at radius 2 is 1.79 bits per heavy atom. The zero-order valence-corrected chi connectivity index (χ0v) is 14.9. The highest BCUT2D eigenvalue weighted by Gasteiger charge is 2.31. The number of hydrogen-bond donors (Lipinski definition) is 2. The minimum atomic E-state index is -4.79. The second-order valence-corrected chi connectivity index (χ2v) is 5.88. The minimum absolute atomic E-state index is 0.245. The number of nitrogens with zero attached hydrogens (tertiary/aromatic N) is 2. The second kappa shape index (κ2) is 7.71. The number of rotatable bonds is 5. The molecule has 0 aliphatic carbocycles. The number of nitrogens with one attached hydrogen (secondary N) is 2. The Kier molecular flexibility index (Phi) is 5.34. The predicted octanol–water partition coefficient (Wildman–Crippen LogP) is 5.28. The lowest BCUT2D eigenvalue weighted by Crippen LogP contribution is -2.17. The van der Waals surface area contributed by atoms with Gasteiger partial charge in [-0.05, 0) is 36.8 Å². The van der Waals surface area contributed by atoms with Crippen LogP contribution in [0, 0.1) is 12.7 Å². The van der Waals surface area contributed by atoms with E-state index in [1.165, 1.54) is 24.3 Å². The van der Waals surface area contributed by atoms with Crippen molar-refractivity contribution in [2.45, 2.75) is 13.3 Å². The number of aromatic nitrogens is 2. The van der Waals surface area contributed by atoms with Gasteiger partial charge in [0.2, 0.25) is 5.95 Å². The van der Waals surface area contributed by atoms with Crippen molar-refractivity contribution in [3.05, 3.63) is 59.9 Å². The molecule has 0 bridgehead atoms. The van der Waals surface area contributed by atoms with E-state index in [0.29, 0.717) is 28.3 Å². The zero-order valence-electron chi connectivity index (χ0n) is 14.9. The third-order valence-electron chi connectivity index (χ3n) is 3.76. The molecule has 2 aromatic carbocycles. The van der Waals surface area contributed by atoms with Gasteiger partial charge in [-0.3, -0.25) is 0 Å². The Labute approximate surface area is 158 Å². The van der Waals surface area contributed by atoms with Crippen LogP contribution < -0.4 is 15.4 Å². The first kappa shape index (κ1) is 19.4. The molecule has 5 nitrogen and oxygen atoms in total. The lowest BCUT2D eigenvalue weighted by Gasteiger charge is -2.12. The fraction of sp³-hybridized carbons (Fsp3) is 0.158. The van der Waals surface area contributed by atoms with Crippen LogP contribution in [0.5, 0.6) is 5.75 Å². The van der Waals surface area contributed by atoms with Gasteiger partial charge in [0, 0.05) is 24.4 Å². The summed E-state index contributed by atoms with van der Waals surface area (Å²) in [6.45, 7) is 1.65. The van der Waals surface area contributed by atoms with Crippen molar-refractivity contribution >= 4 is 17.5 Å². The monoisotopic (exact) mass is 392 g/mol. The van der Waals surface area contributed by atoms with Crippen molar-refractivity contribution < 1.29 is 22.3 Å². The van der Waals surface area contributed by atoms with Crippen LogP contribution in [-0.4, -0.2) is 23.4 Å². The Bertz CT molecular complexity index is 992. The fourth-order valence-electron chi connectivity index (χ4n) is 2.44. The smallest absolute Gasteiger partial charge is 0.406 e. The van der Waals surface area contributed by atoms with Gasteiger partial charge in [0.05, 0.1) is 5.69 Å². The van der Waals surface area contributed by atoms with Crippen LogP contribution in [0.15, 0.2) is 48.5 Å². The van der Waals surface area contributed by atoms with Gasteiger partial charge in [0.25, 0.3) is 0 Å². The van der Waals surface area contributed by atoms with Crippen LogP contribution in [0.1, 0.15) is 5.56 Å². The van der Waals surface area contributed by atoms with Crippen LogP contribution in [0.2, 0.25) is 0 Å². The molecule has 0 fully saturated rings. The Hall–Kier alpha value is -3.36. The van der Waals surface area contributed by atoms with Gasteiger partial charge in [-0.1, -0.05) is 18.2 Å². The second-order valence-electron chi connectivity index (χ2n) is 5.88. The Balaban J connectivity index is 1.95. The molecule has 0 saturated carbocycles. The molecule has 0 aliphatic heterocycles. The minimum Gasteiger partial charge on any atom is -0.406 e. The summed E-state index contributed by atoms with van der Waals surface area (Å²) < 4.78 is 55.1. The lowest BCUT2D eigenvalue weighted by molar-refractivity contribution is -0.274. The van der Waals surface area contributed by atoms with Gasteiger partial charge in [-0.2, -0.15) is 4.98 Å². The largest absolute Gasteiger partial charge is 0.573 e. The third kappa shape index (κ3) is 4.87. The number of alkyl halides is 3. The van der Waals surface area contributed by atoms with E-state index < -0.39 is 6.36 Å². The van der Waals surface area contributed by atoms with E-state index in [0.717, 1.165) is 0 Å². The Morgan fingerprint density at radius 1 is 1.00 bits per heavy atom. The average Bonchev–Trinajstić information content (AvgIpc) is 2.63. The van der Waals surface area contributed by atoms with Gasteiger partial charge < -0.3 is 15.4 Å². The summed E-state index contributed by atoms with van der Waals surface area (Å²) in [6.07, 6.45) is -4.79. The van der Waals surface area contributed by atoms with Crippen molar-refractivity contribution in [3.63, 3.8) is 0 Å². The molecule has 1 heterocycles. The lowest BCUT2D eigenvalue weighted by atomic mass is 10.1. The Morgan fingerprint density at radius 3 is 2.46 bits per heavy atom. The summed E-state index contributed by atoms with van der Waals surface area (Å²) in [5.74, 6) is -0.135. The summed E-state index contributed by atoms with van der Waals surface area (Å²) in [7, 11) is 1.61. The van der Waals surface area contributed by atoms with E-state index in [1.54, 1.807) is 38.2 Å². The summed E-state index contributed by atoms with van der Waals surface area (Å²) in [5.41, 5.74) is 1.75. The molecule has 0 atom stereocenters. The molecule has 0 spiro atoms. The normalized spacial score (nSPS) is 11.2. The molecule has 2 N–H and O–H groups in total. The third-order valence-corrected chi connectivity index (χ3v) is 3.76. The molecule has 3 aromatic rings. The van der Waals surface area contributed by atoms with Crippen LogP contribution >= 0.6 is 0 Å². The number of aryl methyl sites for hydroxylation is 1. The van der Waals surface area contributed by atoms with Crippen molar-refractivity contribution in [2.75, 3.05) is 17.7 Å². The van der Waals surface area contributed by atoms with Gasteiger partial charge >= 0.3 is 6.36 Å². The quantitative estimate of drug-likeness (QED) is 0.579. The summed E-state index contributed by atoms with van der Waals surface area (Å²) in [4.78, 5) is 8.50. The number of halogens is 4. The first-order valence-corrected chi connectivity index (χ1v) is 8.20. The topological polar surface area (TPSA) is 59.1 Å². The molecule has 146 valence electrons. The highest BCUT2D eigenvalue weighted by atomic mass is 19.4. The fourth-order valence-corrected chi connectivity index (χ4v) is 2.44. The van der Waals surface area contributed by atoms with Gasteiger partial charge in [0.15, 0.2) is 0 Å². The number of ether oxygens (including phenoxy) is 1. The molecule has 0 aliphatic rings. The van der Waals surface area contributed by atoms with E-state index in [4.69, 9.17) is 0 Å². The summed E-state index contributed by atoms with van der Waals surface area (Å²) in [6, 6.07) is 11.6. The van der Waals surface area contributed by atoms with Crippen molar-refractivity contribution in [1.29, 1.82) is 0 Å². The van der Waals surface area contributed by atoms with Crippen molar-refractivity contribution in [1.82, 2.24) is 9.97 Å². The maximum Gasteiger partial charge on any atom is 0.573 e. The molecular weight excluding hydrogens is 376 g/mol. The average molecular weight is 392 g/mol. The molecule has 3 rings (SSSR count). The SMILES string of the molecule is CNc1nc(Nc2ccc(C)c(F)c2)cc(-c2cccc(OC(F)(F)F)c2)n1. The first-order chi connectivity index (χ1) is 13.2. The predicted molar refractivity (Wildman–Crippen MR) is 98.1 cm³/mol. The van der Waals surface area contributed by atoms with Crippen LogP contribution in [0.25, 0.3) is 11.3 Å². The molecule has 1 aromatic heterocycles. The van der Waals surface area contributed by atoms with Gasteiger partial charge in [0.1, 0.15) is 17.4 Å². The molecule has 0 unspecified atom stereocenters. The summed E-state index contributed by atoms with van der Waals surface area (Å²) in [5, 5.41) is 5.76. The molecule has 0 saturated heterocycles. The number of benzene rings is 2. The van der Waals surface area contributed by atoms with E-state index in [9.17, 15) is 17.6 Å². The molecule has 0 amide bonds. The number of hydrogen-bond acceptors (Lipinski definition) is 5. The first-order valence-electron chi connectivity index (χ1n) is 8.20. The zero-order chi connectivity index (χ0) is 20.3. The van der Waals surface area contributed by atoms with Crippen molar-refractivity contribution in [2.24, 2.45) is 0 Å². The molecule has 28 heavy (non-hydrogen) atoms. The molecule has 9 heteroatoms. The van der Waals surface area contributed by atoms with Crippen LogP contribution in [0.3, 0.4) is 0 Å². The van der Waals surface area contributed by atoms with E-state index in [1.807, 2.05) is 0 Å². The highest BCUT2D eigenvalue weighted by Crippen LogP contribution is 2.29. The van der Waals surface area contributed by atoms with E-state index in [2.05, 4.69) is 25.3 Å². The van der Waals surface area contributed by atoms with Crippen LogP contribution in [-0.2, 0) is 0 Å². The summed E-state index contributed by atoms with van der Waals surface area (Å²) >= 11 is 0. The van der Waals surface area contributed by atoms with E-state index >= 15 is 0 Å². The van der Waals surface area contributed by atoms with Gasteiger partial charge in [-0.25, -0.2) is 9.37 Å². The highest BCUT2D eigenvalue weighted by molar-refractivity contribution is 5.68. The molecule has 0 radical (unpaired) electrons. The molecular formula is C19H16F4N4O. The maximum atomic E-state index is 13.8. The van der Waals surface area contributed by atoms with Crippen LogP contribution in [0.4, 0.5) is 35.0 Å². The van der Waals surface area contributed by atoms with Crippen molar-refractivity contribution in [3.8, 4) is 17.0 Å². The van der Waals surface area contributed by atoms with E-state index in [-0.39, 0.29) is 17.5 Å². The maximum absolute atomic E-state index is 13.8. The van der Waals surface area contributed by atoms with Gasteiger partial charge in [-0.15, -0.1) is 13.2 Å². The standard InChI is InChI=1S/C19H16F4N4O/c1-11-6-7-13(9-15(11)20)25-17-10-16(26-18(24-2)27-17)12-4-3-5-14(8-12)28-19(21,22)23/h3-10H,1-2H3,(H2,24,25,26,27). The number of anilines is 3.